The molecule has 0 spiro atoms. The van der Waals surface area contributed by atoms with Crippen LogP contribution in [0.4, 0.5) is 22.0 Å². The molecule has 8 heteroatoms. The van der Waals surface area contributed by atoms with E-state index in [0.717, 1.165) is 32.1 Å². The number of nitrogens with two attached hydrogens (primary N) is 1. The molecule has 0 radical (unpaired) electrons. The van der Waals surface area contributed by atoms with Gasteiger partial charge in [-0.05, 0) is 49.1 Å². The summed E-state index contributed by atoms with van der Waals surface area (Å²) >= 11 is 0. The number of hydrogen-bond donors (Lipinski definition) is 3. The van der Waals surface area contributed by atoms with Gasteiger partial charge in [-0.15, -0.1) is 0 Å². The second-order valence-electron chi connectivity index (χ2n) is 8.89. The Morgan fingerprint density at radius 1 is 1.03 bits per heavy atom. The van der Waals surface area contributed by atoms with Crippen LogP contribution in [0.1, 0.15) is 60.1 Å². The number of carbonyl (C=O) groups is 2. The third-order valence-electron chi connectivity index (χ3n) is 6.60. The molecule has 0 bridgehead atoms. The number of carbonyl (C=O) groups excluding carboxylic acids is 2. The van der Waals surface area contributed by atoms with Gasteiger partial charge in [-0.1, -0.05) is 44.0 Å². The lowest BCUT2D eigenvalue weighted by Gasteiger charge is -2.12. The second-order valence-corrected chi connectivity index (χ2v) is 8.89. The Balaban J connectivity index is 1.39. The van der Waals surface area contributed by atoms with Gasteiger partial charge in [0.05, 0.1) is 10.9 Å². The summed E-state index contributed by atoms with van der Waals surface area (Å²) in [5.41, 5.74) is 10.2. The predicted molar refractivity (Wildman–Crippen MR) is 138 cm³/mol. The van der Waals surface area contributed by atoms with Crippen molar-refractivity contribution in [1.82, 2.24) is 14.5 Å². The summed E-state index contributed by atoms with van der Waals surface area (Å²) in [5.74, 6) is 0.102. The van der Waals surface area contributed by atoms with Crippen LogP contribution in [0.3, 0.4) is 0 Å². The van der Waals surface area contributed by atoms with Crippen LogP contribution >= 0.6 is 0 Å². The molecule has 1 saturated carbocycles. The van der Waals surface area contributed by atoms with Crippen molar-refractivity contribution in [3.05, 3.63) is 77.7 Å². The van der Waals surface area contributed by atoms with Crippen LogP contribution in [0.15, 0.2) is 61.1 Å². The van der Waals surface area contributed by atoms with Gasteiger partial charge in [-0.25, -0.2) is 14.8 Å². The minimum atomic E-state index is -0.380. The van der Waals surface area contributed by atoms with E-state index in [1.165, 1.54) is 11.9 Å². The lowest BCUT2D eigenvalue weighted by Crippen LogP contribution is -2.19. The maximum Gasteiger partial charge on any atom is 0.323 e. The maximum atomic E-state index is 13.6. The first kappa shape index (κ1) is 22.6. The number of benzene rings is 2. The Hall–Kier alpha value is -4.20. The van der Waals surface area contributed by atoms with Crippen LogP contribution in [0.25, 0.3) is 11.0 Å². The molecule has 1 aliphatic rings. The van der Waals surface area contributed by atoms with Gasteiger partial charge in [-0.2, -0.15) is 0 Å². The standard InChI is InChI=1S/C27H28N6O2/c1-2-17-10-12-19(13-11-17)31-27(35)32-20-7-5-6-18(14-20)24(34)22-15-33(21-8-3-4-9-21)26-23(22)25(28)29-16-30-26/h5-7,10-16,21H,2-4,8-9H2,1H3,(H2,28,29,30)(H2,31,32,35). The summed E-state index contributed by atoms with van der Waals surface area (Å²) in [4.78, 5) is 34.7. The Bertz CT molecular complexity index is 1390. The van der Waals surface area contributed by atoms with Crippen LogP contribution in [0.2, 0.25) is 0 Å². The van der Waals surface area contributed by atoms with E-state index in [4.69, 9.17) is 5.73 Å². The molecule has 2 amide bonds. The van der Waals surface area contributed by atoms with E-state index in [9.17, 15) is 9.59 Å². The number of rotatable bonds is 6. The smallest absolute Gasteiger partial charge is 0.323 e. The van der Waals surface area contributed by atoms with Gasteiger partial charge in [0.2, 0.25) is 0 Å². The zero-order valence-electron chi connectivity index (χ0n) is 19.6. The molecule has 2 heterocycles. The van der Waals surface area contributed by atoms with Gasteiger partial charge < -0.3 is 20.9 Å². The zero-order chi connectivity index (χ0) is 24.4. The molecule has 8 nitrogen and oxygen atoms in total. The first-order valence-electron chi connectivity index (χ1n) is 12.0. The highest BCUT2D eigenvalue weighted by atomic mass is 16.2. The SMILES string of the molecule is CCc1ccc(NC(=O)Nc2cccc(C(=O)c3cn(C4CCCC4)c4ncnc(N)c34)c2)cc1. The molecule has 178 valence electrons. The highest BCUT2D eigenvalue weighted by Crippen LogP contribution is 2.35. The number of ketones is 1. The second kappa shape index (κ2) is 9.58. The largest absolute Gasteiger partial charge is 0.383 e. The molecular formula is C27H28N6O2. The van der Waals surface area contributed by atoms with Crippen LogP contribution in [-0.4, -0.2) is 26.3 Å². The monoisotopic (exact) mass is 468 g/mol. The van der Waals surface area contributed by atoms with Crippen LogP contribution in [-0.2, 0) is 6.42 Å². The van der Waals surface area contributed by atoms with E-state index < -0.39 is 0 Å². The minimum Gasteiger partial charge on any atom is -0.383 e. The van der Waals surface area contributed by atoms with Gasteiger partial charge in [-0.3, -0.25) is 4.79 Å². The van der Waals surface area contributed by atoms with Gasteiger partial charge in [0.1, 0.15) is 17.8 Å². The molecule has 4 aromatic rings. The molecule has 35 heavy (non-hydrogen) atoms. The fraction of sp³-hybridized carbons (Fsp3) is 0.259. The van der Waals surface area contributed by atoms with Crippen molar-refractivity contribution in [2.45, 2.75) is 45.1 Å². The number of urea groups is 1. The number of anilines is 3. The number of aryl methyl sites for hydroxylation is 1. The summed E-state index contributed by atoms with van der Waals surface area (Å²) in [6, 6.07) is 14.5. The summed E-state index contributed by atoms with van der Waals surface area (Å²) in [5, 5.41) is 6.20. The molecule has 0 atom stereocenters. The van der Waals surface area contributed by atoms with Gasteiger partial charge in [0.15, 0.2) is 5.78 Å². The number of nitrogens with zero attached hydrogens (tertiary/aromatic N) is 3. The number of nitrogens with one attached hydrogen (secondary N) is 2. The van der Waals surface area contributed by atoms with E-state index in [0.29, 0.717) is 39.6 Å². The fourth-order valence-electron chi connectivity index (χ4n) is 4.75. The van der Waals surface area contributed by atoms with Gasteiger partial charge >= 0.3 is 6.03 Å². The minimum absolute atomic E-state index is 0.188. The van der Waals surface area contributed by atoms with Crippen LogP contribution in [0, 0.1) is 0 Å². The summed E-state index contributed by atoms with van der Waals surface area (Å²) in [6.45, 7) is 2.08. The van der Waals surface area contributed by atoms with Crippen LogP contribution < -0.4 is 16.4 Å². The summed E-state index contributed by atoms with van der Waals surface area (Å²) in [7, 11) is 0. The van der Waals surface area contributed by atoms with Gasteiger partial charge in [0, 0.05) is 29.2 Å². The van der Waals surface area contributed by atoms with E-state index in [2.05, 4.69) is 32.1 Å². The van der Waals surface area contributed by atoms with Crippen molar-refractivity contribution in [2.24, 2.45) is 0 Å². The Kier molecular flexibility index (Phi) is 6.18. The molecule has 5 rings (SSSR count). The maximum absolute atomic E-state index is 13.6. The van der Waals surface area contributed by atoms with Crippen molar-refractivity contribution >= 4 is 40.0 Å². The van der Waals surface area contributed by atoms with Crippen molar-refractivity contribution in [2.75, 3.05) is 16.4 Å². The lowest BCUT2D eigenvalue weighted by atomic mass is 10.0. The van der Waals surface area contributed by atoms with Crippen molar-refractivity contribution in [3.63, 3.8) is 0 Å². The zero-order valence-corrected chi connectivity index (χ0v) is 19.6. The Morgan fingerprint density at radius 2 is 1.77 bits per heavy atom. The van der Waals surface area contributed by atoms with E-state index in [1.54, 1.807) is 24.3 Å². The lowest BCUT2D eigenvalue weighted by molar-refractivity contribution is 0.104. The first-order chi connectivity index (χ1) is 17.0. The molecule has 0 saturated heterocycles. The van der Waals surface area contributed by atoms with Crippen LogP contribution in [0.5, 0.6) is 0 Å². The highest BCUT2D eigenvalue weighted by Gasteiger charge is 2.25. The third kappa shape index (κ3) is 4.59. The van der Waals surface area contributed by atoms with Crippen molar-refractivity contribution < 1.29 is 9.59 Å². The topological polar surface area (TPSA) is 115 Å². The molecule has 1 aliphatic carbocycles. The molecule has 4 N–H and O–H groups in total. The molecule has 2 aromatic carbocycles. The average molecular weight is 469 g/mol. The Morgan fingerprint density at radius 3 is 2.51 bits per heavy atom. The number of amides is 2. The number of fused-ring (bicyclic) bond motifs is 1. The Labute approximate surface area is 203 Å². The van der Waals surface area contributed by atoms with E-state index >= 15 is 0 Å². The molecular weight excluding hydrogens is 440 g/mol. The molecule has 1 fully saturated rings. The molecule has 0 aliphatic heterocycles. The number of nitrogen functional groups attached to an aromatic ring is 1. The third-order valence-corrected chi connectivity index (χ3v) is 6.60. The highest BCUT2D eigenvalue weighted by molar-refractivity contribution is 6.18. The van der Waals surface area contributed by atoms with Crippen molar-refractivity contribution in [1.29, 1.82) is 0 Å². The van der Waals surface area contributed by atoms with Gasteiger partial charge in [0.25, 0.3) is 0 Å². The summed E-state index contributed by atoms with van der Waals surface area (Å²) < 4.78 is 2.08. The van der Waals surface area contributed by atoms with E-state index in [1.807, 2.05) is 30.5 Å². The average Bonchev–Trinajstić information content (AvgIpc) is 3.53. The quantitative estimate of drug-likeness (QED) is 0.320. The number of aromatic nitrogens is 3. The summed E-state index contributed by atoms with van der Waals surface area (Å²) in [6.07, 6.45) is 8.66. The predicted octanol–water partition coefficient (Wildman–Crippen LogP) is 5.57. The van der Waals surface area contributed by atoms with Crippen molar-refractivity contribution in [3.8, 4) is 0 Å². The fourth-order valence-corrected chi connectivity index (χ4v) is 4.75. The number of hydrogen-bond acceptors (Lipinski definition) is 5. The molecule has 2 aromatic heterocycles. The molecule has 0 unspecified atom stereocenters. The normalized spacial score (nSPS) is 13.7. The van der Waals surface area contributed by atoms with E-state index in [-0.39, 0.29) is 17.6 Å². The first-order valence-corrected chi connectivity index (χ1v) is 12.0.